The average molecular weight is 849 g/mol. The van der Waals surface area contributed by atoms with Gasteiger partial charge in [0.1, 0.15) is 22.3 Å². The van der Waals surface area contributed by atoms with Crippen molar-refractivity contribution in [1.82, 2.24) is 19.9 Å². The number of hydrogen-bond donors (Lipinski definition) is 2. The molecule has 5 heterocycles. The number of halogens is 13. The van der Waals surface area contributed by atoms with Gasteiger partial charge in [-0.3, -0.25) is 0 Å². The smallest absolute Gasteiger partial charge is 0.575 e. The first-order chi connectivity index (χ1) is 23.9. The molecule has 0 spiro atoms. The van der Waals surface area contributed by atoms with Gasteiger partial charge in [-0.25, -0.2) is 29.1 Å². The molecule has 0 unspecified atom stereocenters. The summed E-state index contributed by atoms with van der Waals surface area (Å²) in [6.45, 7) is 0. The predicted molar refractivity (Wildman–Crippen MR) is 145 cm³/mol. The number of fused-ring (bicyclic) bond motifs is 8. The average Bonchev–Trinajstić information content (AvgIpc) is 3.75. The van der Waals surface area contributed by atoms with E-state index in [4.69, 9.17) is 0 Å². The van der Waals surface area contributed by atoms with Gasteiger partial charge in [-0.05, 0) is 48.6 Å². The standard InChI is InChI=1S/C28H10F12N4O8.ClH.Mn/c29-25(30,31)49-21(45)17-9-1-2-10(41-9)18(22(46)50-26(32,33)34)12-5-6-14(43-12)20(24(48)52-28(38,39)40)16-8-7-15(44-16)19(13-4-3-11(17)42-13)23(47)51-27(35,36)37;;/h1-8,41-42H;1H;/p-1. The number of hydrogen-bond acceptors (Lipinski definition) is 10. The summed E-state index contributed by atoms with van der Waals surface area (Å²) in [5, 5.41) is 0. The normalized spacial score (nSPS) is 12.7. The summed E-state index contributed by atoms with van der Waals surface area (Å²) < 4.78 is 171. The molecule has 289 valence electrons. The van der Waals surface area contributed by atoms with E-state index in [1.165, 1.54) is 0 Å². The first-order valence-corrected chi connectivity index (χ1v) is 13.3. The number of nitrogens with one attached hydrogen (secondary N) is 2. The van der Waals surface area contributed by atoms with Crippen LogP contribution in [-0.4, -0.2) is 69.3 Å². The third kappa shape index (κ3) is 9.90. The van der Waals surface area contributed by atoms with E-state index in [-0.39, 0.29) is 29.5 Å². The molecule has 0 aliphatic carbocycles. The van der Waals surface area contributed by atoms with Crippen LogP contribution in [0.25, 0.3) is 46.4 Å². The Morgan fingerprint density at radius 1 is 0.426 bits per heavy atom. The van der Waals surface area contributed by atoms with Crippen molar-refractivity contribution in [2.24, 2.45) is 0 Å². The molecule has 54 heavy (non-hydrogen) atoms. The van der Waals surface area contributed by atoms with E-state index in [1.807, 2.05) is 0 Å². The van der Waals surface area contributed by atoms with Crippen molar-refractivity contribution >= 4 is 70.2 Å². The van der Waals surface area contributed by atoms with Crippen molar-refractivity contribution < 1.29 is 120 Å². The van der Waals surface area contributed by atoms with Crippen LogP contribution in [0.4, 0.5) is 52.7 Å². The molecule has 12 nitrogen and oxygen atoms in total. The zero-order valence-electron chi connectivity index (χ0n) is 25.1. The number of nitrogens with zero attached hydrogens (tertiary/aromatic N) is 2. The minimum atomic E-state index is -5.69. The fraction of sp³-hybridized carbons (Fsp3) is 0.143. The topological polar surface area (TPSA) is 163 Å². The number of ether oxygens (including phenoxy) is 4. The van der Waals surface area contributed by atoms with Gasteiger partial charge in [0.2, 0.25) is 0 Å². The summed E-state index contributed by atoms with van der Waals surface area (Å²) >= 11 is 0. The summed E-state index contributed by atoms with van der Waals surface area (Å²) in [5.41, 5.74) is -11.6. The van der Waals surface area contributed by atoms with Crippen LogP contribution in [0.1, 0.15) is 64.2 Å². The molecule has 1 radical (unpaired) electrons. The number of rotatable bonds is 4. The maximum atomic E-state index is 13.2. The third-order valence-electron chi connectivity index (χ3n) is 6.40. The second-order valence-electron chi connectivity index (χ2n) is 9.84. The van der Waals surface area contributed by atoms with E-state index in [2.05, 4.69) is 38.9 Å². The van der Waals surface area contributed by atoms with Crippen LogP contribution in [-0.2, 0) is 36.0 Å². The summed E-state index contributed by atoms with van der Waals surface area (Å²) in [6, 6.07) is 2.86. The first kappa shape index (κ1) is 42.9. The maximum absolute atomic E-state index is 13.2. The number of aromatic amines is 2. The molecule has 0 atom stereocenters. The van der Waals surface area contributed by atoms with E-state index >= 15 is 0 Å². The van der Waals surface area contributed by atoms with Crippen molar-refractivity contribution in [2.45, 2.75) is 25.4 Å². The number of alkyl halides is 12. The van der Waals surface area contributed by atoms with Crippen LogP contribution >= 0.6 is 0 Å². The SMILES string of the molecule is O=C(OC(F)(F)F)c1c2nc(c(C(=O)OC(F)(F)F)c3ccc([nH]3)c(C(=O)OC(F)(F)F)c3ccc([nH]3)c(C(=O)OC(F)(F)F)c3nc1C=C3)C=C2.[Cl-].[Mn]. The minimum absolute atomic E-state index is 0. The molecule has 2 N–H and O–H groups in total. The van der Waals surface area contributed by atoms with E-state index in [1.54, 1.807) is 0 Å². The predicted octanol–water partition coefficient (Wildman–Crippen LogP) is 4.36. The Bertz CT molecular complexity index is 2130. The Morgan fingerprint density at radius 2 is 0.648 bits per heavy atom. The van der Waals surface area contributed by atoms with E-state index < -0.39 is 116 Å². The Labute approximate surface area is 305 Å². The molecule has 0 saturated heterocycles. The molecule has 3 aromatic heterocycles. The molecule has 3 aromatic rings. The Hall–Kier alpha value is -5.55. The van der Waals surface area contributed by atoms with E-state index in [9.17, 15) is 71.9 Å². The number of carbonyl (C=O) groups is 4. The molecule has 0 aromatic carbocycles. The Morgan fingerprint density at radius 3 is 0.926 bits per heavy atom. The fourth-order valence-electron chi connectivity index (χ4n) is 4.69. The van der Waals surface area contributed by atoms with Crippen molar-refractivity contribution in [3.8, 4) is 0 Å². The van der Waals surface area contributed by atoms with Gasteiger partial charge in [-0.2, -0.15) is 0 Å². The molecular weight excluding hydrogens is 839 g/mol. The molecule has 0 fully saturated rings. The van der Waals surface area contributed by atoms with Gasteiger partial charge < -0.3 is 41.3 Å². The first-order valence-electron chi connectivity index (χ1n) is 13.3. The van der Waals surface area contributed by atoms with Gasteiger partial charge in [-0.1, -0.05) is 0 Å². The van der Waals surface area contributed by atoms with Crippen molar-refractivity contribution in [3.63, 3.8) is 0 Å². The number of esters is 4. The minimum Gasteiger partial charge on any atom is -1.00 e. The molecule has 26 heteroatoms. The molecular formula is C28H10ClF12MnN4O8-. The summed E-state index contributed by atoms with van der Waals surface area (Å²) in [6.07, 6.45) is -20.0. The van der Waals surface area contributed by atoms with Gasteiger partial charge >= 0.3 is 49.3 Å². The van der Waals surface area contributed by atoms with Crippen LogP contribution in [0.5, 0.6) is 0 Å². The number of aromatic nitrogens is 4. The number of carbonyl (C=O) groups excluding carboxylic acids is 4. The molecule has 2 aliphatic rings. The molecule has 2 aliphatic heterocycles. The van der Waals surface area contributed by atoms with Crippen molar-refractivity contribution in [2.75, 3.05) is 0 Å². The van der Waals surface area contributed by atoms with Crippen LogP contribution in [0, 0.1) is 0 Å². The number of H-pyrrole nitrogens is 2. The molecule has 0 saturated carbocycles. The second kappa shape index (κ2) is 15.1. The van der Waals surface area contributed by atoms with Crippen molar-refractivity contribution in [3.05, 3.63) is 69.3 Å². The van der Waals surface area contributed by atoms with Gasteiger partial charge in [0.25, 0.3) is 0 Å². The zero-order valence-corrected chi connectivity index (χ0v) is 27.0. The van der Waals surface area contributed by atoms with Gasteiger partial charge in [0, 0.05) is 17.1 Å². The second-order valence-corrected chi connectivity index (χ2v) is 9.84. The molecule has 0 amide bonds. The monoisotopic (exact) mass is 848 g/mol. The Balaban J connectivity index is 0.00000392. The summed E-state index contributed by atoms with van der Waals surface area (Å²) in [7, 11) is 0. The summed E-state index contributed by atoms with van der Waals surface area (Å²) in [4.78, 5) is 63.0. The van der Waals surface area contributed by atoms with Gasteiger partial charge in [-0.15, -0.1) is 52.7 Å². The molecule has 8 bridgehead atoms. The van der Waals surface area contributed by atoms with E-state index in [0.29, 0.717) is 36.4 Å². The Kier molecular flexibility index (Phi) is 12.0. The van der Waals surface area contributed by atoms with Crippen LogP contribution in [0.15, 0.2) is 24.3 Å². The zero-order chi connectivity index (χ0) is 38.6. The van der Waals surface area contributed by atoms with E-state index in [0.717, 1.165) is 12.1 Å². The van der Waals surface area contributed by atoms with Crippen molar-refractivity contribution in [1.29, 1.82) is 0 Å². The fourth-order valence-corrected chi connectivity index (χ4v) is 4.69. The van der Waals surface area contributed by atoms with Crippen LogP contribution < -0.4 is 12.4 Å². The van der Waals surface area contributed by atoms with Gasteiger partial charge in [0.15, 0.2) is 0 Å². The molecule has 5 rings (SSSR count). The van der Waals surface area contributed by atoms with Crippen LogP contribution in [0.2, 0.25) is 0 Å². The largest absolute Gasteiger partial charge is 1.00 e. The van der Waals surface area contributed by atoms with Crippen LogP contribution in [0.3, 0.4) is 0 Å². The quantitative estimate of drug-likeness (QED) is 0.115. The third-order valence-corrected chi connectivity index (χ3v) is 6.40. The maximum Gasteiger partial charge on any atom is 0.575 e. The van der Waals surface area contributed by atoms with Gasteiger partial charge in [0.05, 0.1) is 44.8 Å². The summed E-state index contributed by atoms with van der Waals surface area (Å²) in [5.74, 6) is -9.04.